The van der Waals surface area contributed by atoms with Gasteiger partial charge in [-0.25, -0.2) is 0 Å². The van der Waals surface area contributed by atoms with Gasteiger partial charge in [0.2, 0.25) is 0 Å². The zero-order valence-electron chi connectivity index (χ0n) is 19.5. The number of rotatable bonds is 8. The number of para-hydroxylation sites is 1. The highest BCUT2D eigenvalue weighted by Crippen LogP contribution is 2.39. The summed E-state index contributed by atoms with van der Waals surface area (Å²) in [5.41, 5.74) is 0.848. The number of benzene rings is 2. The van der Waals surface area contributed by atoms with Gasteiger partial charge in [-0.15, -0.1) is 11.3 Å². The van der Waals surface area contributed by atoms with Crippen LogP contribution in [0.25, 0.3) is 21.0 Å². The summed E-state index contributed by atoms with van der Waals surface area (Å²) in [7, 11) is 1.47. The standard InChI is InChI=1S/C27H27N3O4S/c1-34-23-22-24(35-25(23)26(32)29-15-13-18-10-7-14-28-18)19-11-5-6-12-20(19)30(27(22)33)16-21(31)17-8-3-2-4-9-17/h2-6,8-9,11-12,18,28H,7,10,13-16H2,1H3,(H,29,32). The minimum absolute atomic E-state index is 0.103. The van der Waals surface area contributed by atoms with E-state index in [1.807, 2.05) is 30.3 Å². The van der Waals surface area contributed by atoms with Gasteiger partial charge in [-0.2, -0.15) is 0 Å². The van der Waals surface area contributed by atoms with Crippen LogP contribution in [0.15, 0.2) is 59.4 Å². The summed E-state index contributed by atoms with van der Waals surface area (Å²) in [6.07, 6.45) is 3.14. The first-order chi connectivity index (χ1) is 17.1. The number of pyridine rings is 1. The SMILES string of the molecule is COc1c(C(=O)NCCC2CCCN2)sc2c1c(=O)n(CC(=O)c1ccccc1)c1ccccc21. The maximum Gasteiger partial charge on any atom is 0.265 e. The highest BCUT2D eigenvalue weighted by Gasteiger charge is 2.25. The van der Waals surface area contributed by atoms with E-state index in [1.165, 1.54) is 23.0 Å². The molecule has 0 aliphatic carbocycles. The zero-order chi connectivity index (χ0) is 24.4. The van der Waals surface area contributed by atoms with E-state index in [4.69, 9.17) is 4.74 Å². The fourth-order valence-corrected chi connectivity index (χ4v) is 5.96. The van der Waals surface area contributed by atoms with E-state index < -0.39 is 0 Å². The van der Waals surface area contributed by atoms with Crippen LogP contribution in [0, 0.1) is 0 Å². The Hall–Kier alpha value is -3.49. The van der Waals surface area contributed by atoms with Crippen molar-refractivity contribution in [2.75, 3.05) is 20.2 Å². The minimum Gasteiger partial charge on any atom is -0.494 e. The van der Waals surface area contributed by atoms with Gasteiger partial charge in [0.15, 0.2) is 11.5 Å². The van der Waals surface area contributed by atoms with E-state index in [9.17, 15) is 14.4 Å². The first kappa shape index (κ1) is 23.3. The normalized spacial score (nSPS) is 15.5. The monoisotopic (exact) mass is 489 g/mol. The smallest absolute Gasteiger partial charge is 0.265 e. The molecule has 1 aliphatic rings. The number of fused-ring (bicyclic) bond motifs is 3. The number of nitrogens with zero attached hydrogens (tertiary/aromatic N) is 1. The number of hydrogen-bond donors (Lipinski definition) is 2. The van der Waals surface area contributed by atoms with Crippen LogP contribution in [-0.2, 0) is 6.54 Å². The minimum atomic E-state index is -0.342. The molecule has 8 heteroatoms. The molecule has 0 spiro atoms. The van der Waals surface area contributed by atoms with E-state index in [2.05, 4.69) is 10.6 Å². The summed E-state index contributed by atoms with van der Waals surface area (Å²) in [6.45, 7) is 1.47. The van der Waals surface area contributed by atoms with E-state index in [0.717, 1.165) is 31.2 Å². The number of thiophene rings is 1. The number of carbonyl (C=O) groups is 2. The summed E-state index contributed by atoms with van der Waals surface area (Å²) < 4.78 is 7.78. The van der Waals surface area contributed by atoms with Crippen molar-refractivity contribution in [3.8, 4) is 5.75 Å². The Morgan fingerprint density at radius 1 is 1.14 bits per heavy atom. The van der Waals surface area contributed by atoms with E-state index in [0.29, 0.717) is 38.6 Å². The third-order valence-electron chi connectivity index (χ3n) is 6.51. The Balaban J connectivity index is 1.55. The quantitative estimate of drug-likeness (QED) is 0.366. The Morgan fingerprint density at radius 2 is 1.91 bits per heavy atom. The van der Waals surface area contributed by atoms with Crippen molar-refractivity contribution < 1.29 is 14.3 Å². The average Bonchev–Trinajstić information content (AvgIpc) is 3.55. The van der Waals surface area contributed by atoms with Gasteiger partial charge in [-0.3, -0.25) is 19.0 Å². The molecule has 5 rings (SSSR count). The molecule has 0 bridgehead atoms. The van der Waals surface area contributed by atoms with Crippen LogP contribution in [0.3, 0.4) is 0 Å². The van der Waals surface area contributed by atoms with Gasteiger partial charge in [-0.1, -0.05) is 48.5 Å². The van der Waals surface area contributed by atoms with Crippen LogP contribution in [0.2, 0.25) is 0 Å². The molecular formula is C27H27N3O4S. The zero-order valence-corrected chi connectivity index (χ0v) is 20.3. The summed E-state index contributed by atoms with van der Waals surface area (Å²) in [5.74, 6) is -0.153. The number of hydrogen-bond acceptors (Lipinski definition) is 6. The number of aromatic nitrogens is 1. The fraction of sp³-hybridized carbons (Fsp3) is 0.296. The lowest BCUT2D eigenvalue weighted by molar-refractivity contribution is 0.0950. The molecule has 2 N–H and O–H groups in total. The number of amides is 1. The third kappa shape index (κ3) is 4.47. The molecule has 1 atom stereocenters. The second-order valence-corrected chi connectivity index (χ2v) is 9.72. The highest BCUT2D eigenvalue weighted by molar-refractivity contribution is 7.22. The van der Waals surface area contributed by atoms with Gasteiger partial charge in [0, 0.05) is 23.5 Å². The van der Waals surface area contributed by atoms with Crippen molar-refractivity contribution >= 4 is 44.0 Å². The topological polar surface area (TPSA) is 89.4 Å². The van der Waals surface area contributed by atoms with Crippen LogP contribution >= 0.6 is 11.3 Å². The summed E-state index contributed by atoms with van der Waals surface area (Å²) in [6, 6.07) is 16.8. The lowest BCUT2D eigenvalue weighted by atomic mass is 10.1. The molecule has 2 aromatic heterocycles. The molecule has 1 fully saturated rings. The molecule has 3 heterocycles. The average molecular weight is 490 g/mol. The second-order valence-electron chi connectivity index (χ2n) is 8.70. The highest BCUT2D eigenvalue weighted by atomic mass is 32.1. The molecule has 1 aliphatic heterocycles. The van der Waals surface area contributed by atoms with Gasteiger partial charge in [0.1, 0.15) is 10.3 Å². The maximum absolute atomic E-state index is 13.7. The van der Waals surface area contributed by atoms with Crippen molar-refractivity contribution in [2.45, 2.75) is 31.8 Å². The molecule has 1 unspecified atom stereocenters. The summed E-state index contributed by atoms with van der Waals surface area (Å²) in [4.78, 5) is 40.2. The van der Waals surface area contributed by atoms with Gasteiger partial charge in [-0.05, 0) is 31.9 Å². The number of ether oxygens (including phenoxy) is 1. The van der Waals surface area contributed by atoms with Crippen molar-refractivity contribution in [1.82, 2.24) is 15.2 Å². The van der Waals surface area contributed by atoms with E-state index >= 15 is 0 Å². The molecule has 180 valence electrons. The summed E-state index contributed by atoms with van der Waals surface area (Å²) >= 11 is 1.26. The van der Waals surface area contributed by atoms with Gasteiger partial charge in [0.25, 0.3) is 11.5 Å². The van der Waals surface area contributed by atoms with Crippen molar-refractivity contribution in [2.24, 2.45) is 0 Å². The number of Topliss-reactive ketones (excluding diaryl/α,β-unsaturated/α-hetero) is 1. The molecule has 7 nitrogen and oxygen atoms in total. The van der Waals surface area contributed by atoms with E-state index in [1.54, 1.807) is 24.3 Å². The number of carbonyl (C=O) groups excluding carboxylic acids is 2. The van der Waals surface area contributed by atoms with Crippen LogP contribution in [0.4, 0.5) is 0 Å². The third-order valence-corrected chi connectivity index (χ3v) is 7.71. The predicted octanol–water partition coefficient (Wildman–Crippen LogP) is 3.98. The molecule has 1 saturated heterocycles. The van der Waals surface area contributed by atoms with Gasteiger partial charge < -0.3 is 15.4 Å². The fourth-order valence-electron chi connectivity index (χ4n) is 4.75. The molecule has 0 saturated carbocycles. The Kier molecular flexibility index (Phi) is 6.66. The molecule has 4 aromatic rings. The number of ketones is 1. The molecule has 0 radical (unpaired) electrons. The van der Waals surface area contributed by atoms with Gasteiger partial charge >= 0.3 is 0 Å². The molecule has 1 amide bonds. The van der Waals surface area contributed by atoms with Crippen LogP contribution in [0.5, 0.6) is 5.75 Å². The van der Waals surface area contributed by atoms with E-state index in [-0.39, 0.29) is 29.5 Å². The van der Waals surface area contributed by atoms with Crippen molar-refractivity contribution in [1.29, 1.82) is 0 Å². The lowest BCUT2D eigenvalue weighted by Gasteiger charge is -2.12. The Labute approximate surface area is 206 Å². The second kappa shape index (κ2) is 10.0. The molecular weight excluding hydrogens is 462 g/mol. The van der Waals surface area contributed by atoms with Crippen molar-refractivity contribution in [3.05, 3.63) is 75.4 Å². The summed E-state index contributed by atoms with van der Waals surface area (Å²) in [5, 5.41) is 7.56. The number of methoxy groups -OCH3 is 1. The lowest BCUT2D eigenvalue weighted by Crippen LogP contribution is -2.30. The molecule has 35 heavy (non-hydrogen) atoms. The Bertz CT molecular complexity index is 1450. The predicted molar refractivity (Wildman–Crippen MR) is 139 cm³/mol. The largest absolute Gasteiger partial charge is 0.494 e. The van der Waals surface area contributed by atoms with Crippen molar-refractivity contribution in [3.63, 3.8) is 0 Å². The Morgan fingerprint density at radius 3 is 2.66 bits per heavy atom. The maximum atomic E-state index is 13.7. The van der Waals surface area contributed by atoms with Crippen LogP contribution in [0.1, 0.15) is 39.3 Å². The number of nitrogens with one attached hydrogen (secondary N) is 2. The first-order valence-electron chi connectivity index (χ1n) is 11.8. The first-order valence-corrected chi connectivity index (χ1v) is 12.6. The molecule has 2 aromatic carbocycles. The van der Waals surface area contributed by atoms with Crippen LogP contribution in [-0.4, -0.2) is 42.5 Å². The van der Waals surface area contributed by atoms with Crippen LogP contribution < -0.4 is 20.9 Å². The van der Waals surface area contributed by atoms with Gasteiger partial charge in [0.05, 0.1) is 23.9 Å².